The van der Waals surface area contributed by atoms with Gasteiger partial charge in [-0.1, -0.05) is 12.8 Å². The molecule has 136 valence electrons. The first-order valence-corrected chi connectivity index (χ1v) is 9.16. The van der Waals surface area contributed by atoms with Crippen LogP contribution in [0.25, 0.3) is 11.0 Å². The van der Waals surface area contributed by atoms with E-state index in [0.29, 0.717) is 12.5 Å². The van der Waals surface area contributed by atoms with E-state index < -0.39 is 0 Å². The molecule has 7 heteroatoms. The van der Waals surface area contributed by atoms with Crippen molar-refractivity contribution in [3.63, 3.8) is 0 Å². The molecule has 3 aromatic rings. The number of aromatic amines is 1. The lowest BCUT2D eigenvalue weighted by molar-refractivity contribution is 0.667. The SMILES string of the molecule is Cc1c[nH]c(CNc2nc(C3CCCC3)nc3c2cnn3C)c(C)c1=O. The molecule has 0 spiro atoms. The van der Waals surface area contributed by atoms with Gasteiger partial charge in [-0.3, -0.25) is 9.48 Å². The molecular weight excluding hydrogens is 328 g/mol. The van der Waals surface area contributed by atoms with Gasteiger partial charge in [0.05, 0.1) is 18.1 Å². The zero-order chi connectivity index (χ0) is 18.3. The maximum Gasteiger partial charge on any atom is 0.187 e. The van der Waals surface area contributed by atoms with Crippen LogP contribution < -0.4 is 10.7 Å². The first-order chi connectivity index (χ1) is 12.5. The summed E-state index contributed by atoms with van der Waals surface area (Å²) in [4.78, 5) is 25.0. The highest BCUT2D eigenvalue weighted by Gasteiger charge is 2.22. The van der Waals surface area contributed by atoms with Crippen LogP contribution in [0.4, 0.5) is 5.82 Å². The Hall–Kier alpha value is -2.70. The number of aryl methyl sites for hydroxylation is 2. The molecule has 1 aliphatic carbocycles. The predicted octanol–water partition coefficient (Wildman–Crippen LogP) is 2.94. The average Bonchev–Trinajstić information content (AvgIpc) is 3.29. The normalized spacial score (nSPS) is 15.0. The third kappa shape index (κ3) is 2.87. The molecule has 3 aromatic heterocycles. The third-order valence-electron chi connectivity index (χ3n) is 5.38. The van der Waals surface area contributed by atoms with Gasteiger partial charge in [-0.2, -0.15) is 5.10 Å². The maximum atomic E-state index is 12.2. The van der Waals surface area contributed by atoms with E-state index in [1.807, 2.05) is 20.9 Å². The second-order valence-electron chi connectivity index (χ2n) is 7.18. The van der Waals surface area contributed by atoms with Crippen molar-refractivity contribution in [3.05, 3.63) is 45.3 Å². The second-order valence-corrected chi connectivity index (χ2v) is 7.18. The minimum atomic E-state index is 0.0846. The Morgan fingerprint density at radius 3 is 2.81 bits per heavy atom. The molecule has 0 aliphatic heterocycles. The van der Waals surface area contributed by atoms with Gasteiger partial charge in [0.15, 0.2) is 11.1 Å². The van der Waals surface area contributed by atoms with Crippen LogP contribution in [-0.4, -0.2) is 24.7 Å². The second kappa shape index (κ2) is 6.55. The smallest absolute Gasteiger partial charge is 0.187 e. The molecule has 0 saturated heterocycles. The number of pyridine rings is 1. The molecule has 0 amide bonds. The molecule has 0 radical (unpaired) electrons. The van der Waals surface area contributed by atoms with Gasteiger partial charge >= 0.3 is 0 Å². The van der Waals surface area contributed by atoms with Crippen molar-refractivity contribution in [3.8, 4) is 0 Å². The van der Waals surface area contributed by atoms with Crippen molar-refractivity contribution in [2.24, 2.45) is 7.05 Å². The van der Waals surface area contributed by atoms with E-state index >= 15 is 0 Å². The van der Waals surface area contributed by atoms with Crippen LogP contribution >= 0.6 is 0 Å². The zero-order valence-corrected chi connectivity index (χ0v) is 15.5. The first kappa shape index (κ1) is 16.8. The molecule has 1 aliphatic rings. The maximum absolute atomic E-state index is 12.2. The Morgan fingerprint density at radius 2 is 2.04 bits per heavy atom. The van der Waals surface area contributed by atoms with E-state index in [1.165, 1.54) is 12.8 Å². The number of hydrogen-bond acceptors (Lipinski definition) is 5. The number of fused-ring (bicyclic) bond motifs is 1. The van der Waals surface area contributed by atoms with E-state index in [-0.39, 0.29) is 5.43 Å². The van der Waals surface area contributed by atoms with Gasteiger partial charge in [0.25, 0.3) is 0 Å². The summed E-state index contributed by atoms with van der Waals surface area (Å²) in [7, 11) is 1.90. The summed E-state index contributed by atoms with van der Waals surface area (Å²) in [6.07, 6.45) is 8.32. The molecule has 7 nitrogen and oxygen atoms in total. The minimum absolute atomic E-state index is 0.0846. The molecule has 0 aromatic carbocycles. The summed E-state index contributed by atoms with van der Waals surface area (Å²) in [6, 6.07) is 0. The summed E-state index contributed by atoms with van der Waals surface area (Å²) in [5.41, 5.74) is 3.27. The van der Waals surface area contributed by atoms with Crippen molar-refractivity contribution in [1.29, 1.82) is 0 Å². The largest absolute Gasteiger partial charge is 0.364 e. The molecule has 4 rings (SSSR count). The molecule has 0 atom stereocenters. The van der Waals surface area contributed by atoms with Crippen molar-refractivity contribution >= 4 is 16.9 Å². The van der Waals surface area contributed by atoms with Crippen LogP contribution in [-0.2, 0) is 13.6 Å². The number of nitrogens with one attached hydrogen (secondary N) is 2. The van der Waals surface area contributed by atoms with E-state index in [2.05, 4.69) is 15.4 Å². The predicted molar refractivity (Wildman–Crippen MR) is 101 cm³/mol. The first-order valence-electron chi connectivity index (χ1n) is 9.16. The van der Waals surface area contributed by atoms with Crippen molar-refractivity contribution in [2.75, 3.05) is 5.32 Å². The summed E-state index contributed by atoms with van der Waals surface area (Å²) < 4.78 is 1.79. The van der Waals surface area contributed by atoms with Gasteiger partial charge in [0.2, 0.25) is 0 Å². The van der Waals surface area contributed by atoms with Gasteiger partial charge in [-0.15, -0.1) is 0 Å². The number of anilines is 1. The van der Waals surface area contributed by atoms with Crippen molar-refractivity contribution in [1.82, 2.24) is 24.7 Å². The third-order valence-corrected chi connectivity index (χ3v) is 5.38. The number of rotatable bonds is 4. The highest BCUT2D eigenvalue weighted by atomic mass is 16.1. The molecule has 3 heterocycles. The Bertz CT molecular complexity index is 1010. The van der Waals surface area contributed by atoms with Crippen LogP contribution in [0, 0.1) is 13.8 Å². The quantitative estimate of drug-likeness (QED) is 0.754. The number of hydrogen-bond donors (Lipinski definition) is 2. The van der Waals surface area contributed by atoms with E-state index in [1.54, 1.807) is 17.1 Å². The van der Waals surface area contributed by atoms with Gasteiger partial charge < -0.3 is 10.3 Å². The fraction of sp³-hybridized carbons (Fsp3) is 0.474. The van der Waals surface area contributed by atoms with Crippen molar-refractivity contribution in [2.45, 2.75) is 52.0 Å². The van der Waals surface area contributed by atoms with Gasteiger partial charge in [0.1, 0.15) is 11.6 Å². The van der Waals surface area contributed by atoms with Crippen LogP contribution in [0.3, 0.4) is 0 Å². The minimum Gasteiger partial charge on any atom is -0.364 e. The molecule has 1 saturated carbocycles. The lowest BCUT2D eigenvalue weighted by Crippen LogP contribution is -2.16. The molecule has 0 unspecified atom stereocenters. The Kier molecular flexibility index (Phi) is 4.22. The topological polar surface area (TPSA) is 88.5 Å². The Labute approximate surface area is 151 Å². The van der Waals surface area contributed by atoms with Crippen molar-refractivity contribution < 1.29 is 0 Å². The molecule has 0 bridgehead atoms. The number of nitrogens with zero attached hydrogens (tertiary/aromatic N) is 4. The highest BCUT2D eigenvalue weighted by Crippen LogP contribution is 2.34. The van der Waals surface area contributed by atoms with Gasteiger partial charge in [0, 0.05) is 36.0 Å². The molecule has 1 fully saturated rings. The van der Waals surface area contributed by atoms with Crippen LogP contribution in [0.1, 0.15) is 54.2 Å². The fourth-order valence-corrected chi connectivity index (χ4v) is 3.70. The number of H-pyrrole nitrogens is 1. The highest BCUT2D eigenvalue weighted by molar-refractivity contribution is 5.86. The Morgan fingerprint density at radius 1 is 1.27 bits per heavy atom. The van der Waals surface area contributed by atoms with Crippen LogP contribution in [0.2, 0.25) is 0 Å². The van der Waals surface area contributed by atoms with Crippen LogP contribution in [0.5, 0.6) is 0 Å². The average molecular weight is 352 g/mol. The van der Waals surface area contributed by atoms with Gasteiger partial charge in [-0.05, 0) is 26.7 Å². The van der Waals surface area contributed by atoms with Gasteiger partial charge in [-0.25, -0.2) is 9.97 Å². The summed E-state index contributed by atoms with van der Waals surface area (Å²) in [5.74, 6) is 2.11. The number of aromatic nitrogens is 5. The van der Waals surface area contributed by atoms with E-state index in [4.69, 9.17) is 9.97 Å². The molecular formula is C19H24N6O. The lowest BCUT2D eigenvalue weighted by atomic mass is 10.1. The summed E-state index contributed by atoms with van der Waals surface area (Å²) in [6.45, 7) is 4.18. The monoisotopic (exact) mass is 352 g/mol. The van der Waals surface area contributed by atoms with Crippen LogP contribution in [0.15, 0.2) is 17.2 Å². The summed E-state index contributed by atoms with van der Waals surface area (Å²) in [5, 5.41) is 8.64. The molecule has 26 heavy (non-hydrogen) atoms. The summed E-state index contributed by atoms with van der Waals surface area (Å²) >= 11 is 0. The molecule has 2 N–H and O–H groups in total. The van der Waals surface area contributed by atoms with E-state index in [0.717, 1.165) is 52.3 Å². The zero-order valence-electron chi connectivity index (χ0n) is 15.5. The lowest BCUT2D eigenvalue weighted by Gasteiger charge is -2.13. The fourth-order valence-electron chi connectivity index (χ4n) is 3.70. The standard InChI is InChI=1S/C19H24N6O/c1-11-8-20-15(12(2)16(11)26)10-21-18-14-9-22-25(3)19(14)24-17(23-18)13-6-4-5-7-13/h8-9,13H,4-7,10H2,1-3H3,(H,20,26)(H,21,23,24). The van der Waals surface area contributed by atoms with E-state index in [9.17, 15) is 4.79 Å². The Balaban J connectivity index is 1.69.